The van der Waals surface area contributed by atoms with Crippen LogP contribution in [0.3, 0.4) is 0 Å². The average Bonchev–Trinajstić information content (AvgIpc) is 2.59. The van der Waals surface area contributed by atoms with Gasteiger partial charge in [-0.15, -0.1) is 0 Å². The van der Waals surface area contributed by atoms with Gasteiger partial charge in [-0.2, -0.15) is 0 Å². The fourth-order valence-corrected chi connectivity index (χ4v) is 2.44. The average molecular weight is 311 g/mol. The molecule has 0 unspecified atom stereocenters. The standard InChI is InChI=1S/C17H17N3O3/c1-23-15-5-3-2-4-12(15)9-19-17(22)11-6-7-13-14(8-11)20-16(21)10-18-13/h2-8,18H,9-10H2,1H3,(H,19,22)(H,20,21). The fraction of sp³-hybridized carbons (Fsp3) is 0.176. The van der Waals surface area contributed by atoms with E-state index < -0.39 is 0 Å². The van der Waals surface area contributed by atoms with Gasteiger partial charge in [0, 0.05) is 17.7 Å². The predicted molar refractivity (Wildman–Crippen MR) is 87.7 cm³/mol. The van der Waals surface area contributed by atoms with Gasteiger partial charge in [0.05, 0.1) is 25.0 Å². The first kappa shape index (κ1) is 14.9. The van der Waals surface area contributed by atoms with E-state index in [1.807, 2.05) is 24.3 Å². The van der Waals surface area contributed by atoms with Crippen molar-refractivity contribution in [3.8, 4) is 5.75 Å². The Bertz CT molecular complexity index is 758. The van der Waals surface area contributed by atoms with Gasteiger partial charge in [-0.3, -0.25) is 9.59 Å². The molecule has 6 heteroatoms. The smallest absolute Gasteiger partial charge is 0.251 e. The van der Waals surface area contributed by atoms with E-state index in [4.69, 9.17) is 4.74 Å². The highest BCUT2D eigenvalue weighted by molar-refractivity contribution is 6.03. The van der Waals surface area contributed by atoms with E-state index >= 15 is 0 Å². The Labute approximate surface area is 133 Å². The summed E-state index contributed by atoms with van der Waals surface area (Å²) in [7, 11) is 1.60. The molecule has 1 aliphatic heterocycles. The molecule has 23 heavy (non-hydrogen) atoms. The number of carbonyl (C=O) groups is 2. The molecule has 118 valence electrons. The lowest BCUT2D eigenvalue weighted by molar-refractivity contribution is -0.114. The molecule has 6 nitrogen and oxygen atoms in total. The molecule has 0 fully saturated rings. The van der Waals surface area contributed by atoms with Crippen LogP contribution in [0.5, 0.6) is 5.75 Å². The highest BCUT2D eigenvalue weighted by Gasteiger charge is 2.16. The van der Waals surface area contributed by atoms with Crippen molar-refractivity contribution in [2.75, 3.05) is 24.3 Å². The number of methoxy groups -OCH3 is 1. The highest BCUT2D eigenvalue weighted by atomic mass is 16.5. The van der Waals surface area contributed by atoms with Crippen LogP contribution in [0.25, 0.3) is 0 Å². The third-order valence-corrected chi connectivity index (χ3v) is 3.63. The molecule has 0 spiro atoms. The van der Waals surface area contributed by atoms with Crippen LogP contribution in [0, 0.1) is 0 Å². The zero-order valence-corrected chi connectivity index (χ0v) is 12.7. The minimum absolute atomic E-state index is 0.121. The van der Waals surface area contributed by atoms with Crippen LogP contribution in [-0.2, 0) is 11.3 Å². The Morgan fingerprint density at radius 2 is 2.04 bits per heavy atom. The van der Waals surface area contributed by atoms with E-state index in [0.717, 1.165) is 17.0 Å². The van der Waals surface area contributed by atoms with Crippen molar-refractivity contribution in [2.24, 2.45) is 0 Å². The molecule has 2 amide bonds. The number of nitrogens with one attached hydrogen (secondary N) is 3. The highest BCUT2D eigenvalue weighted by Crippen LogP contribution is 2.25. The second-order valence-electron chi connectivity index (χ2n) is 5.16. The number of hydrogen-bond acceptors (Lipinski definition) is 4. The molecule has 0 aliphatic carbocycles. The maximum atomic E-state index is 12.3. The molecule has 1 aliphatic rings. The van der Waals surface area contributed by atoms with Crippen molar-refractivity contribution in [3.63, 3.8) is 0 Å². The molecule has 3 rings (SSSR count). The van der Waals surface area contributed by atoms with Gasteiger partial charge in [0.25, 0.3) is 5.91 Å². The predicted octanol–water partition coefficient (Wildman–Crippen LogP) is 1.99. The topological polar surface area (TPSA) is 79.5 Å². The second kappa shape index (κ2) is 6.39. The Morgan fingerprint density at radius 1 is 1.22 bits per heavy atom. The lowest BCUT2D eigenvalue weighted by Crippen LogP contribution is -2.28. The summed E-state index contributed by atoms with van der Waals surface area (Å²) in [5.41, 5.74) is 2.82. The molecular formula is C17H17N3O3. The largest absolute Gasteiger partial charge is 0.496 e. The van der Waals surface area contributed by atoms with Crippen LogP contribution < -0.4 is 20.7 Å². The second-order valence-corrected chi connectivity index (χ2v) is 5.16. The molecule has 2 aromatic rings. The lowest BCUT2D eigenvalue weighted by Gasteiger charge is -2.19. The molecule has 1 heterocycles. The summed E-state index contributed by atoms with van der Waals surface area (Å²) < 4.78 is 5.26. The summed E-state index contributed by atoms with van der Waals surface area (Å²) >= 11 is 0. The maximum Gasteiger partial charge on any atom is 0.251 e. The normalized spacial score (nSPS) is 12.7. The van der Waals surface area contributed by atoms with E-state index in [1.54, 1.807) is 25.3 Å². The quantitative estimate of drug-likeness (QED) is 0.807. The molecule has 0 saturated carbocycles. The van der Waals surface area contributed by atoms with E-state index in [2.05, 4.69) is 16.0 Å². The Balaban J connectivity index is 1.71. The summed E-state index contributed by atoms with van der Waals surface area (Å²) in [6.45, 7) is 0.608. The van der Waals surface area contributed by atoms with Crippen molar-refractivity contribution in [1.29, 1.82) is 0 Å². The number of fused-ring (bicyclic) bond motifs is 1. The van der Waals surface area contributed by atoms with Gasteiger partial charge in [-0.05, 0) is 24.3 Å². The maximum absolute atomic E-state index is 12.3. The number of benzene rings is 2. The van der Waals surface area contributed by atoms with Crippen LogP contribution in [-0.4, -0.2) is 25.5 Å². The molecule has 0 radical (unpaired) electrons. The number of hydrogen-bond donors (Lipinski definition) is 3. The van der Waals surface area contributed by atoms with Gasteiger partial charge < -0.3 is 20.7 Å². The summed E-state index contributed by atoms with van der Waals surface area (Å²) in [5.74, 6) is 0.400. The minimum Gasteiger partial charge on any atom is -0.496 e. The number of anilines is 2. The van der Waals surface area contributed by atoms with Crippen molar-refractivity contribution < 1.29 is 14.3 Å². The first-order chi connectivity index (χ1) is 11.2. The number of rotatable bonds is 4. The van der Waals surface area contributed by atoms with Crippen LogP contribution in [0.2, 0.25) is 0 Å². The molecule has 0 atom stereocenters. The minimum atomic E-state index is -0.210. The Kier molecular flexibility index (Phi) is 4.14. The van der Waals surface area contributed by atoms with Gasteiger partial charge in [0.15, 0.2) is 0 Å². The van der Waals surface area contributed by atoms with Crippen molar-refractivity contribution in [1.82, 2.24) is 5.32 Å². The summed E-state index contributed by atoms with van der Waals surface area (Å²) in [6.07, 6.45) is 0. The van der Waals surface area contributed by atoms with Crippen LogP contribution in [0.1, 0.15) is 15.9 Å². The molecular weight excluding hydrogens is 294 g/mol. The third kappa shape index (κ3) is 3.26. The number of carbonyl (C=O) groups excluding carboxylic acids is 2. The van der Waals surface area contributed by atoms with Crippen molar-refractivity contribution in [2.45, 2.75) is 6.54 Å². The number of para-hydroxylation sites is 1. The SMILES string of the molecule is COc1ccccc1CNC(=O)c1ccc2c(c1)NC(=O)CN2. The summed E-state index contributed by atoms with van der Waals surface area (Å²) in [5, 5.41) is 8.59. The molecule has 3 N–H and O–H groups in total. The van der Waals surface area contributed by atoms with Gasteiger partial charge in [0.1, 0.15) is 5.75 Å². The molecule has 0 aromatic heterocycles. The van der Waals surface area contributed by atoms with Crippen molar-refractivity contribution in [3.05, 3.63) is 53.6 Å². The first-order valence-corrected chi connectivity index (χ1v) is 7.25. The van der Waals surface area contributed by atoms with Gasteiger partial charge in [-0.25, -0.2) is 0 Å². The van der Waals surface area contributed by atoms with E-state index in [0.29, 0.717) is 17.8 Å². The monoisotopic (exact) mass is 311 g/mol. The van der Waals surface area contributed by atoms with Crippen molar-refractivity contribution >= 4 is 23.2 Å². The third-order valence-electron chi connectivity index (χ3n) is 3.63. The fourth-order valence-electron chi connectivity index (χ4n) is 2.44. The van der Waals surface area contributed by atoms with Crippen LogP contribution in [0.15, 0.2) is 42.5 Å². The van der Waals surface area contributed by atoms with Crippen LogP contribution in [0.4, 0.5) is 11.4 Å². The Hall–Kier alpha value is -3.02. The summed E-state index contributed by atoms with van der Waals surface area (Å²) in [4.78, 5) is 23.7. The van der Waals surface area contributed by atoms with Gasteiger partial charge >= 0.3 is 0 Å². The van der Waals surface area contributed by atoms with Crippen LogP contribution >= 0.6 is 0 Å². The van der Waals surface area contributed by atoms with E-state index in [1.165, 1.54) is 0 Å². The van der Waals surface area contributed by atoms with E-state index in [-0.39, 0.29) is 18.4 Å². The molecule has 0 bridgehead atoms. The number of ether oxygens (including phenoxy) is 1. The van der Waals surface area contributed by atoms with E-state index in [9.17, 15) is 9.59 Å². The lowest BCUT2D eigenvalue weighted by atomic mass is 10.1. The van der Waals surface area contributed by atoms with Gasteiger partial charge in [-0.1, -0.05) is 18.2 Å². The Morgan fingerprint density at radius 3 is 2.87 bits per heavy atom. The zero-order chi connectivity index (χ0) is 16.2. The summed E-state index contributed by atoms with van der Waals surface area (Å²) in [6, 6.07) is 12.7. The zero-order valence-electron chi connectivity index (χ0n) is 12.7. The molecule has 2 aromatic carbocycles. The first-order valence-electron chi connectivity index (χ1n) is 7.25. The molecule has 0 saturated heterocycles. The number of amides is 2. The van der Waals surface area contributed by atoms with Gasteiger partial charge in [0.2, 0.25) is 5.91 Å².